The van der Waals surface area contributed by atoms with Crippen molar-refractivity contribution in [1.29, 1.82) is 0 Å². The highest BCUT2D eigenvalue weighted by Gasteiger charge is 2.36. The first-order valence-electron chi connectivity index (χ1n) is 7.24. The molecule has 18 heavy (non-hydrogen) atoms. The van der Waals surface area contributed by atoms with E-state index in [1.165, 1.54) is 12.8 Å². The topological polar surface area (TPSA) is 61.6 Å². The van der Waals surface area contributed by atoms with Crippen molar-refractivity contribution < 1.29 is 14.3 Å². The van der Waals surface area contributed by atoms with Crippen LogP contribution in [0.4, 0.5) is 0 Å². The molecule has 0 aromatic heterocycles. The zero-order valence-corrected chi connectivity index (χ0v) is 11.2. The van der Waals surface area contributed by atoms with Gasteiger partial charge in [0.2, 0.25) is 0 Å². The molecule has 2 rings (SSSR count). The number of ether oxygens (including phenoxy) is 2. The number of carbonyl (C=O) groups excluding carboxylic acids is 1. The summed E-state index contributed by atoms with van der Waals surface area (Å²) in [4.78, 5) is 12.1. The van der Waals surface area contributed by atoms with Crippen molar-refractivity contribution in [1.82, 2.24) is 0 Å². The molecule has 0 unspecified atom stereocenters. The Morgan fingerprint density at radius 3 is 2.39 bits per heavy atom. The lowest BCUT2D eigenvalue weighted by atomic mass is 9.91. The molecule has 1 saturated heterocycles. The third-order valence-corrected chi connectivity index (χ3v) is 4.19. The first kappa shape index (κ1) is 13.8. The maximum Gasteiger partial charge on any atom is 0.326 e. The van der Waals surface area contributed by atoms with E-state index in [9.17, 15) is 4.79 Å². The van der Waals surface area contributed by atoms with Crippen LogP contribution in [0.3, 0.4) is 0 Å². The van der Waals surface area contributed by atoms with Gasteiger partial charge in [-0.15, -0.1) is 0 Å². The molecule has 0 atom stereocenters. The smallest absolute Gasteiger partial charge is 0.326 e. The monoisotopic (exact) mass is 255 g/mol. The fourth-order valence-electron chi connectivity index (χ4n) is 2.81. The van der Waals surface area contributed by atoms with Crippen LogP contribution in [0.2, 0.25) is 0 Å². The summed E-state index contributed by atoms with van der Waals surface area (Å²) >= 11 is 0. The van der Waals surface area contributed by atoms with Crippen molar-refractivity contribution in [3.8, 4) is 0 Å². The van der Waals surface area contributed by atoms with Gasteiger partial charge in [0.15, 0.2) is 0 Å². The predicted octanol–water partition coefficient (Wildman–Crippen LogP) is 2.01. The standard InChI is InChI=1S/C14H25NO3/c15-14(7-3-1-2-4-8-14)13(16)18-11-12-5-9-17-10-6-12/h12H,1-11,15H2. The van der Waals surface area contributed by atoms with Gasteiger partial charge in [-0.2, -0.15) is 0 Å². The maximum absolute atomic E-state index is 12.1. The van der Waals surface area contributed by atoms with Gasteiger partial charge in [-0.05, 0) is 31.6 Å². The molecule has 0 radical (unpaired) electrons. The van der Waals surface area contributed by atoms with Gasteiger partial charge in [0.25, 0.3) is 0 Å². The van der Waals surface area contributed by atoms with Crippen LogP contribution < -0.4 is 5.73 Å². The molecular weight excluding hydrogens is 230 g/mol. The molecule has 0 amide bonds. The number of nitrogens with two attached hydrogens (primary N) is 1. The minimum atomic E-state index is -0.721. The number of hydrogen-bond acceptors (Lipinski definition) is 4. The summed E-state index contributed by atoms with van der Waals surface area (Å²) in [5.74, 6) is 0.271. The van der Waals surface area contributed by atoms with Gasteiger partial charge in [0, 0.05) is 13.2 Å². The van der Waals surface area contributed by atoms with Gasteiger partial charge in [-0.25, -0.2) is 0 Å². The van der Waals surface area contributed by atoms with Crippen molar-refractivity contribution in [3.63, 3.8) is 0 Å². The van der Waals surface area contributed by atoms with E-state index in [4.69, 9.17) is 15.2 Å². The lowest BCUT2D eigenvalue weighted by Gasteiger charge is -2.28. The summed E-state index contributed by atoms with van der Waals surface area (Å²) in [6, 6.07) is 0. The number of rotatable bonds is 3. The van der Waals surface area contributed by atoms with Gasteiger partial charge in [0.1, 0.15) is 5.54 Å². The second-order valence-corrected chi connectivity index (χ2v) is 5.72. The molecule has 1 saturated carbocycles. The lowest BCUT2D eigenvalue weighted by molar-refractivity contribution is -0.153. The number of esters is 1. The highest BCUT2D eigenvalue weighted by Crippen LogP contribution is 2.26. The van der Waals surface area contributed by atoms with E-state index >= 15 is 0 Å². The molecule has 1 aliphatic heterocycles. The minimum absolute atomic E-state index is 0.184. The van der Waals surface area contributed by atoms with E-state index in [0.29, 0.717) is 12.5 Å². The average Bonchev–Trinajstić information content (AvgIpc) is 2.63. The van der Waals surface area contributed by atoms with Crippen LogP contribution >= 0.6 is 0 Å². The third-order valence-electron chi connectivity index (χ3n) is 4.19. The van der Waals surface area contributed by atoms with Gasteiger partial charge < -0.3 is 15.2 Å². The summed E-state index contributed by atoms with van der Waals surface area (Å²) in [5, 5.41) is 0. The molecule has 0 spiro atoms. The molecule has 1 aliphatic carbocycles. The fraction of sp³-hybridized carbons (Fsp3) is 0.929. The van der Waals surface area contributed by atoms with Gasteiger partial charge in [-0.1, -0.05) is 25.7 Å². The van der Waals surface area contributed by atoms with Crippen LogP contribution in [0, 0.1) is 5.92 Å². The van der Waals surface area contributed by atoms with E-state index in [2.05, 4.69) is 0 Å². The molecule has 4 nitrogen and oxygen atoms in total. The van der Waals surface area contributed by atoms with Crippen molar-refractivity contribution in [2.45, 2.75) is 56.9 Å². The first-order valence-corrected chi connectivity index (χ1v) is 7.24. The van der Waals surface area contributed by atoms with E-state index < -0.39 is 5.54 Å². The third kappa shape index (κ3) is 3.69. The largest absolute Gasteiger partial charge is 0.464 e. The van der Waals surface area contributed by atoms with Gasteiger partial charge in [0.05, 0.1) is 6.61 Å². The number of hydrogen-bond donors (Lipinski definition) is 1. The summed E-state index contributed by atoms with van der Waals surface area (Å²) in [7, 11) is 0. The van der Waals surface area contributed by atoms with Crippen molar-refractivity contribution in [3.05, 3.63) is 0 Å². The summed E-state index contributed by atoms with van der Waals surface area (Å²) < 4.78 is 10.8. The van der Waals surface area contributed by atoms with Gasteiger partial charge >= 0.3 is 5.97 Å². The van der Waals surface area contributed by atoms with Crippen LogP contribution in [-0.2, 0) is 14.3 Å². The molecule has 104 valence electrons. The Kier molecular flexibility index (Phi) is 5.01. The molecule has 4 heteroatoms. The number of carbonyl (C=O) groups is 1. The predicted molar refractivity (Wildman–Crippen MR) is 69.1 cm³/mol. The van der Waals surface area contributed by atoms with E-state index in [1.54, 1.807) is 0 Å². The van der Waals surface area contributed by atoms with Crippen LogP contribution in [0.25, 0.3) is 0 Å². The Balaban J connectivity index is 1.78. The molecule has 2 fully saturated rings. The SMILES string of the molecule is NC1(C(=O)OCC2CCOCC2)CCCCCC1. The summed E-state index contributed by atoms with van der Waals surface area (Å²) in [6.07, 6.45) is 8.00. The molecular formula is C14H25NO3. The van der Waals surface area contributed by atoms with Crippen molar-refractivity contribution in [2.75, 3.05) is 19.8 Å². The fourth-order valence-corrected chi connectivity index (χ4v) is 2.81. The molecule has 2 aliphatic rings. The zero-order chi connectivity index (χ0) is 12.8. The van der Waals surface area contributed by atoms with Gasteiger partial charge in [-0.3, -0.25) is 4.79 Å². The van der Waals surface area contributed by atoms with E-state index in [-0.39, 0.29) is 5.97 Å². The van der Waals surface area contributed by atoms with Crippen LogP contribution in [0.15, 0.2) is 0 Å². The quantitative estimate of drug-likeness (QED) is 0.619. The Morgan fingerprint density at radius 2 is 1.78 bits per heavy atom. The Labute approximate surface area is 109 Å². The van der Waals surface area contributed by atoms with Crippen LogP contribution in [0.5, 0.6) is 0 Å². The highest BCUT2D eigenvalue weighted by molar-refractivity contribution is 5.80. The van der Waals surface area contributed by atoms with E-state index in [1.807, 2.05) is 0 Å². The normalized spacial score (nSPS) is 25.4. The molecule has 0 aromatic rings. The van der Waals surface area contributed by atoms with Crippen molar-refractivity contribution >= 4 is 5.97 Å². The molecule has 1 heterocycles. The highest BCUT2D eigenvalue weighted by atomic mass is 16.5. The molecule has 0 aromatic carbocycles. The Morgan fingerprint density at radius 1 is 1.17 bits per heavy atom. The van der Waals surface area contributed by atoms with Crippen LogP contribution in [-0.4, -0.2) is 31.3 Å². The van der Waals surface area contributed by atoms with Crippen LogP contribution in [0.1, 0.15) is 51.4 Å². The Bertz CT molecular complexity index is 266. The maximum atomic E-state index is 12.1. The minimum Gasteiger partial charge on any atom is -0.464 e. The molecule has 2 N–H and O–H groups in total. The summed E-state index contributed by atoms with van der Waals surface area (Å²) in [5.41, 5.74) is 5.50. The lowest BCUT2D eigenvalue weighted by Crippen LogP contribution is -2.49. The first-order chi connectivity index (χ1) is 8.71. The zero-order valence-electron chi connectivity index (χ0n) is 11.2. The Hall–Kier alpha value is -0.610. The van der Waals surface area contributed by atoms with E-state index in [0.717, 1.165) is 51.7 Å². The second kappa shape index (κ2) is 6.53. The van der Waals surface area contributed by atoms with Crippen molar-refractivity contribution in [2.24, 2.45) is 11.7 Å². The summed E-state index contributed by atoms with van der Waals surface area (Å²) in [6.45, 7) is 2.09. The second-order valence-electron chi connectivity index (χ2n) is 5.72. The molecule has 0 bridgehead atoms. The average molecular weight is 255 g/mol.